The van der Waals surface area contributed by atoms with Gasteiger partial charge in [0.05, 0.1) is 10.2 Å². The number of rotatable bonds is 5. The van der Waals surface area contributed by atoms with Crippen molar-refractivity contribution in [2.45, 2.75) is 26.3 Å². The number of hydrogen-bond donors (Lipinski definition) is 3. The minimum absolute atomic E-state index is 0.170. The number of aryl methyl sites for hydroxylation is 2. The summed E-state index contributed by atoms with van der Waals surface area (Å²) in [6, 6.07) is 8.51. The van der Waals surface area contributed by atoms with Crippen molar-refractivity contribution in [1.29, 1.82) is 0 Å². The number of amides is 1. The van der Waals surface area contributed by atoms with E-state index < -0.39 is 17.9 Å². The lowest BCUT2D eigenvalue weighted by Crippen LogP contribution is -2.42. The molecular formula is C21H19BrN4O3. The molecule has 3 heterocycles. The third-order valence-electron chi connectivity index (χ3n) is 4.90. The van der Waals surface area contributed by atoms with Crippen LogP contribution in [-0.4, -0.2) is 37.4 Å². The molecule has 0 radical (unpaired) electrons. The highest BCUT2D eigenvalue weighted by Crippen LogP contribution is 2.23. The van der Waals surface area contributed by atoms with Crippen molar-refractivity contribution in [3.8, 4) is 0 Å². The second kappa shape index (κ2) is 7.36. The molecule has 1 atom stereocenters. The van der Waals surface area contributed by atoms with Crippen LogP contribution in [0.3, 0.4) is 0 Å². The molecule has 4 aromatic rings. The largest absolute Gasteiger partial charge is 0.480 e. The minimum Gasteiger partial charge on any atom is -0.480 e. The maximum atomic E-state index is 13.0. The van der Waals surface area contributed by atoms with Gasteiger partial charge in [-0.2, -0.15) is 0 Å². The number of fused-ring (bicyclic) bond motifs is 2. The molecule has 0 saturated heterocycles. The minimum atomic E-state index is -1.09. The number of aliphatic carboxylic acids is 1. The summed E-state index contributed by atoms with van der Waals surface area (Å²) in [5.74, 6) is -1.56. The van der Waals surface area contributed by atoms with Crippen molar-refractivity contribution >= 4 is 44.4 Å². The van der Waals surface area contributed by atoms with E-state index in [4.69, 9.17) is 0 Å². The van der Waals surface area contributed by atoms with E-state index in [9.17, 15) is 14.7 Å². The van der Waals surface area contributed by atoms with Crippen LogP contribution in [0.4, 0.5) is 0 Å². The zero-order valence-corrected chi connectivity index (χ0v) is 17.4. The van der Waals surface area contributed by atoms with E-state index in [2.05, 4.69) is 31.2 Å². The van der Waals surface area contributed by atoms with Crippen molar-refractivity contribution in [2.75, 3.05) is 0 Å². The molecule has 0 bridgehead atoms. The molecular weight excluding hydrogens is 436 g/mol. The Morgan fingerprint density at radius 3 is 2.83 bits per heavy atom. The Kier molecular flexibility index (Phi) is 4.87. The van der Waals surface area contributed by atoms with Gasteiger partial charge in [0.1, 0.15) is 11.7 Å². The second-order valence-electron chi connectivity index (χ2n) is 7.03. The van der Waals surface area contributed by atoms with Crippen molar-refractivity contribution in [1.82, 2.24) is 19.7 Å². The first kappa shape index (κ1) is 19.2. The number of nitrogens with one attached hydrogen (secondary N) is 2. The molecule has 0 aliphatic heterocycles. The number of nitrogens with zero attached hydrogens (tertiary/aromatic N) is 2. The Hall–Kier alpha value is -3.13. The number of carboxylic acids is 1. The maximum Gasteiger partial charge on any atom is 0.326 e. The summed E-state index contributed by atoms with van der Waals surface area (Å²) >= 11 is 3.47. The monoisotopic (exact) mass is 454 g/mol. The van der Waals surface area contributed by atoms with E-state index in [0.29, 0.717) is 17.0 Å². The fraction of sp³-hybridized carbons (Fsp3) is 0.190. The zero-order chi connectivity index (χ0) is 20.7. The predicted octanol–water partition coefficient (Wildman–Crippen LogP) is 3.62. The van der Waals surface area contributed by atoms with Gasteiger partial charge in [-0.25, -0.2) is 9.78 Å². The van der Waals surface area contributed by atoms with Gasteiger partial charge in [-0.1, -0.05) is 18.2 Å². The number of carbonyl (C=O) groups is 2. The smallest absolute Gasteiger partial charge is 0.326 e. The molecule has 0 aliphatic rings. The topological polar surface area (TPSA) is 99.5 Å². The number of pyridine rings is 1. The number of aromatic amines is 1. The maximum absolute atomic E-state index is 13.0. The molecule has 3 N–H and O–H groups in total. The molecule has 0 fully saturated rings. The number of H-pyrrole nitrogens is 1. The Bertz CT molecular complexity index is 1260. The van der Waals surface area contributed by atoms with E-state index >= 15 is 0 Å². The summed E-state index contributed by atoms with van der Waals surface area (Å²) in [5, 5.41) is 13.3. The molecule has 4 rings (SSSR count). The van der Waals surface area contributed by atoms with Gasteiger partial charge in [-0.05, 0) is 53.0 Å². The fourth-order valence-corrected chi connectivity index (χ4v) is 4.21. The molecule has 0 saturated carbocycles. The Morgan fingerprint density at radius 2 is 2.07 bits per heavy atom. The lowest BCUT2D eigenvalue weighted by molar-refractivity contribution is -0.139. The number of para-hydroxylation sites is 1. The van der Waals surface area contributed by atoms with Gasteiger partial charge < -0.3 is 15.4 Å². The summed E-state index contributed by atoms with van der Waals surface area (Å²) in [6.45, 7) is 3.65. The lowest BCUT2D eigenvalue weighted by Gasteiger charge is -2.15. The first-order valence-corrected chi connectivity index (χ1v) is 9.88. The van der Waals surface area contributed by atoms with Crippen molar-refractivity contribution in [2.24, 2.45) is 0 Å². The summed E-state index contributed by atoms with van der Waals surface area (Å²) in [7, 11) is 0. The van der Waals surface area contributed by atoms with Crippen LogP contribution in [-0.2, 0) is 11.2 Å². The number of aromatic nitrogens is 3. The highest BCUT2D eigenvalue weighted by molar-refractivity contribution is 9.10. The summed E-state index contributed by atoms with van der Waals surface area (Å²) in [5.41, 5.74) is 4.18. The summed E-state index contributed by atoms with van der Waals surface area (Å²) < 4.78 is 2.46. The number of carboxylic acid groups (broad SMARTS) is 1. The molecule has 0 spiro atoms. The Balaban J connectivity index is 1.66. The normalized spacial score (nSPS) is 12.4. The van der Waals surface area contributed by atoms with Gasteiger partial charge >= 0.3 is 5.97 Å². The quantitative estimate of drug-likeness (QED) is 0.428. The van der Waals surface area contributed by atoms with Crippen LogP contribution in [0.15, 0.2) is 47.2 Å². The lowest BCUT2D eigenvalue weighted by atomic mass is 10.0. The van der Waals surface area contributed by atoms with Gasteiger partial charge in [0.2, 0.25) is 0 Å². The second-order valence-corrected chi connectivity index (χ2v) is 7.89. The van der Waals surface area contributed by atoms with Crippen LogP contribution in [0.5, 0.6) is 0 Å². The third-order valence-corrected chi connectivity index (χ3v) is 5.49. The highest BCUT2D eigenvalue weighted by atomic mass is 79.9. The van der Waals surface area contributed by atoms with E-state index in [1.54, 1.807) is 17.5 Å². The van der Waals surface area contributed by atoms with Crippen LogP contribution < -0.4 is 5.32 Å². The SMILES string of the molecule is Cc1cc(Br)c2nc(C)c(C(=O)NC(Cc3c[nH]c4ccccc34)C(=O)O)n2c1. The summed E-state index contributed by atoms with van der Waals surface area (Å²) in [4.78, 5) is 32.5. The van der Waals surface area contributed by atoms with Gasteiger partial charge in [0.15, 0.2) is 5.65 Å². The van der Waals surface area contributed by atoms with Gasteiger partial charge in [-0.3, -0.25) is 9.20 Å². The first-order valence-electron chi connectivity index (χ1n) is 9.08. The van der Waals surface area contributed by atoms with Gasteiger partial charge in [-0.15, -0.1) is 0 Å². The molecule has 7 nitrogen and oxygen atoms in total. The molecule has 3 aromatic heterocycles. The first-order chi connectivity index (χ1) is 13.8. The molecule has 1 aromatic carbocycles. The number of benzene rings is 1. The average Bonchev–Trinajstić information content (AvgIpc) is 3.22. The Morgan fingerprint density at radius 1 is 1.31 bits per heavy atom. The van der Waals surface area contributed by atoms with Crippen LogP contribution in [0.1, 0.15) is 27.3 Å². The highest BCUT2D eigenvalue weighted by Gasteiger charge is 2.26. The zero-order valence-electron chi connectivity index (χ0n) is 15.9. The van der Waals surface area contributed by atoms with E-state index in [1.807, 2.05) is 43.5 Å². The van der Waals surface area contributed by atoms with Crippen LogP contribution in [0.25, 0.3) is 16.6 Å². The third kappa shape index (κ3) is 3.51. The number of hydrogen-bond acceptors (Lipinski definition) is 3. The molecule has 0 aliphatic carbocycles. The molecule has 1 unspecified atom stereocenters. The number of carbonyl (C=O) groups excluding carboxylic acids is 1. The fourth-order valence-electron chi connectivity index (χ4n) is 3.57. The van der Waals surface area contributed by atoms with Crippen LogP contribution in [0, 0.1) is 13.8 Å². The van der Waals surface area contributed by atoms with Crippen molar-refractivity contribution in [3.63, 3.8) is 0 Å². The Labute approximate surface area is 174 Å². The average molecular weight is 455 g/mol. The van der Waals surface area contributed by atoms with Crippen molar-refractivity contribution < 1.29 is 14.7 Å². The van der Waals surface area contributed by atoms with E-state index in [0.717, 1.165) is 26.5 Å². The molecule has 148 valence electrons. The van der Waals surface area contributed by atoms with Crippen LogP contribution >= 0.6 is 15.9 Å². The molecule has 29 heavy (non-hydrogen) atoms. The van der Waals surface area contributed by atoms with Crippen molar-refractivity contribution in [3.05, 3.63) is 69.7 Å². The molecule has 1 amide bonds. The number of halogens is 1. The van der Waals surface area contributed by atoms with Gasteiger partial charge in [0.25, 0.3) is 5.91 Å². The standard InChI is InChI=1S/C21H19BrN4O3/c1-11-7-15(22)19-24-12(2)18(26(19)10-11)20(27)25-17(21(28)29)8-13-9-23-16-6-4-3-5-14(13)16/h3-7,9-10,17,23H,8H2,1-2H3,(H,25,27)(H,28,29). The summed E-state index contributed by atoms with van der Waals surface area (Å²) in [6.07, 6.45) is 3.76. The van der Waals surface area contributed by atoms with E-state index in [1.165, 1.54) is 0 Å². The predicted molar refractivity (Wildman–Crippen MR) is 113 cm³/mol. The van der Waals surface area contributed by atoms with E-state index in [-0.39, 0.29) is 6.42 Å². The van der Waals surface area contributed by atoms with Gasteiger partial charge in [0, 0.05) is 29.7 Å². The number of imidazole rings is 1. The van der Waals surface area contributed by atoms with Crippen LogP contribution in [0.2, 0.25) is 0 Å². The molecule has 8 heteroatoms.